The minimum absolute atomic E-state index is 0.212. The fraction of sp³-hybridized carbons (Fsp3) is 0.571. The molecule has 0 aliphatic carbocycles. The highest BCUT2D eigenvalue weighted by atomic mass is 32.2. The summed E-state index contributed by atoms with van der Waals surface area (Å²) in [5.74, 6) is 0. The van der Waals surface area contributed by atoms with Crippen LogP contribution >= 0.6 is 0 Å². The fourth-order valence-electron chi connectivity index (χ4n) is 2.45. The number of benzene rings is 1. The number of rotatable bonds is 5. The van der Waals surface area contributed by atoms with Gasteiger partial charge < -0.3 is 4.74 Å². The third-order valence-corrected chi connectivity index (χ3v) is 5.69. The van der Waals surface area contributed by atoms with Crippen LogP contribution in [0.1, 0.15) is 24.5 Å². The normalized spacial score (nSPS) is 23.7. The molecule has 1 aromatic carbocycles. The summed E-state index contributed by atoms with van der Waals surface area (Å²) in [6.07, 6.45) is 1.09. The van der Waals surface area contributed by atoms with Crippen LogP contribution in [-0.4, -0.2) is 32.9 Å². The molecule has 1 fully saturated rings. The number of nitrogens with one attached hydrogen (secondary N) is 1. The molecule has 0 amide bonds. The third-order valence-electron chi connectivity index (χ3n) is 3.66. The van der Waals surface area contributed by atoms with Gasteiger partial charge in [-0.1, -0.05) is 24.3 Å². The molecule has 5 heteroatoms. The molecule has 2 rings (SSSR count). The van der Waals surface area contributed by atoms with Crippen molar-refractivity contribution in [2.75, 3.05) is 13.2 Å². The Morgan fingerprint density at radius 3 is 2.74 bits per heavy atom. The van der Waals surface area contributed by atoms with Crippen molar-refractivity contribution in [2.24, 2.45) is 0 Å². The molecule has 0 aromatic heterocycles. The largest absolute Gasteiger partial charge is 0.377 e. The van der Waals surface area contributed by atoms with Gasteiger partial charge in [-0.25, -0.2) is 13.1 Å². The Morgan fingerprint density at radius 1 is 1.37 bits per heavy atom. The maximum Gasteiger partial charge on any atom is 0.217 e. The van der Waals surface area contributed by atoms with Crippen LogP contribution in [0.3, 0.4) is 0 Å². The molecule has 106 valence electrons. The van der Waals surface area contributed by atoms with Gasteiger partial charge in [0.05, 0.1) is 6.10 Å². The second-order valence-corrected chi connectivity index (χ2v) is 7.00. The molecule has 0 saturated carbocycles. The molecule has 0 radical (unpaired) electrons. The summed E-state index contributed by atoms with van der Waals surface area (Å²) in [4.78, 5) is 0. The Bertz CT molecular complexity index is 527. The smallest absolute Gasteiger partial charge is 0.217 e. The monoisotopic (exact) mass is 283 g/mol. The van der Waals surface area contributed by atoms with Gasteiger partial charge in [0.15, 0.2) is 0 Å². The molecule has 0 unspecified atom stereocenters. The van der Waals surface area contributed by atoms with Crippen LogP contribution in [0.5, 0.6) is 0 Å². The first-order valence-corrected chi connectivity index (χ1v) is 8.20. The Kier molecular flexibility index (Phi) is 4.60. The second kappa shape index (κ2) is 6.03. The first-order chi connectivity index (χ1) is 9.00. The van der Waals surface area contributed by atoms with Crippen molar-refractivity contribution in [3.05, 3.63) is 35.4 Å². The van der Waals surface area contributed by atoms with E-state index >= 15 is 0 Å². The first-order valence-electron chi connectivity index (χ1n) is 6.65. The van der Waals surface area contributed by atoms with Gasteiger partial charge in [-0.2, -0.15) is 0 Å². The van der Waals surface area contributed by atoms with E-state index in [9.17, 15) is 8.42 Å². The van der Waals surface area contributed by atoms with E-state index in [1.54, 1.807) is 0 Å². The number of hydrogen-bond acceptors (Lipinski definition) is 3. The zero-order chi connectivity index (χ0) is 13.9. The van der Waals surface area contributed by atoms with Crippen molar-refractivity contribution in [3.8, 4) is 0 Å². The Morgan fingerprint density at radius 2 is 2.11 bits per heavy atom. The lowest BCUT2D eigenvalue weighted by atomic mass is 10.1. The van der Waals surface area contributed by atoms with Crippen molar-refractivity contribution in [3.63, 3.8) is 0 Å². The summed E-state index contributed by atoms with van der Waals surface area (Å²) in [6.45, 7) is 4.83. The highest BCUT2D eigenvalue weighted by molar-refractivity contribution is 7.90. The van der Waals surface area contributed by atoms with Gasteiger partial charge in [-0.05, 0) is 37.8 Å². The van der Waals surface area contributed by atoms with Gasteiger partial charge in [0.2, 0.25) is 10.0 Å². The van der Waals surface area contributed by atoms with E-state index in [0.717, 1.165) is 0 Å². The molecular weight excluding hydrogens is 262 g/mol. The van der Waals surface area contributed by atoms with Crippen LogP contribution in [0.4, 0.5) is 0 Å². The average Bonchev–Trinajstić information content (AvgIpc) is 2.79. The van der Waals surface area contributed by atoms with Crippen LogP contribution in [0.25, 0.3) is 0 Å². The number of aryl methyl sites for hydroxylation is 1. The van der Waals surface area contributed by atoms with Gasteiger partial charge >= 0.3 is 0 Å². The average molecular weight is 283 g/mol. The van der Waals surface area contributed by atoms with Crippen LogP contribution < -0.4 is 4.72 Å². The summed E-state index contributed by atoms with van der Waals surface area (Å²) in [7, 11) is -3.27. The molecule has 1 aliphatic heterocycles. The van der Waals surface area contributed by atoms with Crippen molar-refractivity contribution >= 4 is 10.0 Å². The number of hydrogen-bond donors (Lipinski definition) is 1. The van der Waals surface area contributed by atoms with E-state index < -0.39 is 15.3 Å². The summed E-state index contributed by atoms with van der Waals surface area (Å²) in [6, 6.07) is 8.03. The molecule has 1 N–H and O–H groups in total. The van der Waals surface area contributed by atoms with E-state index in [4.69, 9.17) is 4.74 Å². The van der Waals surface area contributed by atoms with Gasteiger partial charge in [0, 0.05) is 13.2 Å². The number of ether oxygens (including phenoxy) is 1. The van der Waals surface area contributed by atoms with E-state index in [1.807, 2.05) is 38.1 Å². The molecule has 0 spiro atoms. The number of sulfonamides is 1. The van der Waals surface area contributed by atoms with E-state index in [-0.39, 0.29) is 6.10 Å². The summed E-state index contributed by atoms with van der Waals surface area (Å²) in [5, 5.41) is -0.413. The predicted molar refractivity (Wildman–Crippen MR) is 75.6 cm³/mol. The molecular formula is C14H21NO3S. The quantitative estimate of drug-likeness (QED) is 0.893. The molecule has 1 saturated heterocycles. The molecule has 19 heavy (non-hydrogen) atoms. The fourth-order valence-corrected chi connectivity index (χ4v) is 4.04. The van der Waals surface area contributed by atoms with Gasteiger partial charge in [0.1, 0.15) is 5.25 Å². The van der Waals surface area contributed by atoms with Crippen molar-refractivity contribution in [1.29, 1.82) is 0 Å². The van der Waals surface area contributed by atoms with Crippen LogP contribution in [0.2, 0.25) is 0 Å². The molecule has 1 aliphatic rings. The summed E-state index contributed by atoms with van der Waals surface area (Å²) in [5.41, 5.74) is 2.38. The second-order valence-electron chi connectivity index (χ2n) is 5.02. The molecule has 4 nitrogen and oxygen atoms in total. The van der Waals surface area contributed by atoms with Gasteiger partial charge in [0.25, 0.3) is 0 Å². The van der Waals surface area contributed by atoms with Crippen LogP contribution in [0, 0.1) is 6.92 Å². The van der Waals surface area contributed by atoms with Crippen LogP contribution in [0.15, 0.2) is 24.3 Å². The summed E-state index contributed by atoms with van der Waals surface area (Å²) >= 11 is 0. The van der Waals surface area contributed by atoms with Crippen molar-refractivity contribution < 1.29 is 13.2 Å². The minimum atomic E-state index is -3.27. The lowest BCUT2D eigenvalue weighted by Crippen LogP contribution is -2.39. The molecule has 0 bridgehead atoms. The van der Waals surface area contributed by atoms with Crippen molar-refractivity contribution in [1.82, 2.24) is 4.72 Å². The lowest BCUT2D eigenvalue weighted by Gasteiger charge is -2.16. The Labute approximate surface area is 115 Å². The molecule has 1 aromatic rings. The maximum atomic E-state index is 12.1. The summed E-state index contributed by atoms with van der Waals surface area (Å²) < 4.78 is 32.3. The SMILES string of the molecule is Cc1ccccc1CCNS(=O)(=O)[C@@H]1CCO[C@@H]1C. The van der Waals surface area contributed by atoms with E-state index in [1.165, 1.54) is 11.1 Å². The first kappa shape index (κ1) is 14.5. The van der Waals surface area contributed by atoms with E-state index in [0.29, 0.717) is 26.0 Å². The van der Waals surface area contributed by atoms with Gasteiger partial charge in [-0.3, -0.25) is 0 Å². The Hall–Kier alpha value is -0.910. The molecule has 2 atom stereocenters. The molecule has 1 heterocycles. The highest BCUT2D eigenvalue weighted by Crippen LogP contribution is 2.19. The van der Waals surface area contributed by atoms with Crippen LogP contribution in [-0.2, 0) is 21.2 Å². The lowest BCUT2D eigenvalue weighted by molar-refractivity contribution is 0.126. The third kappa shape index (κ3) is 3.55. The zero-order valence-electron chi connectivity index (χ0n) is 11.4. The predicted octanol–water partition coefficient (Wildman–Crippen LogP) is 1.63. The zero-order valence-corrected chi connectivity index (χ0v) is 12.2. The Balaban J connectivity index is 1.90. The highest BCUT2D eigenvalue weighted by Gasteiger charge is 2.35. The van der Waals surface area contributed by atoms with E-state index in [2.05, 4.69) is 4.72 Å². The standard InChI is InChI=1S/C14H21NO3S/c1-11-5-3-4-6-13(11)7-9-15-19(16,17)14-8-10-18-12(14)2/h3-6,12,14-15H,7-10H2,1-2H3/t12-,14-/m1/s1. The van der Waals surface area contributed by atoms with Gasteiger partial charge in [-0.15, -0.1) is 0 Å². The maximum absolute atomic E-state index is 12.1. The van der Waals surface area contributed by atoms with Crippen molar-refractivity contribution in [2.45, 2.75) is 38.0 Å². The topological polar surface area (TPSA) is 55.4 Å². The minimum Gasteiger partial charge on any atom is -0.377 e.